The van der Waals surface area contributed by atoms with Crippen LogP contribution in [0.2, 0.25) is 0 Å². The molecule has 0 aliphatic carbocycles. The van der Waals surface area contributed by atoms with E-state index in [4.69, 9.17) is 9.51 Å². The fourth-order valence-electron chi connectivity index (χ4n) is 4.80. The van der Waals surface area contributed by atoms with E-state index in [1.165, 1.54) is 21.4 Å². The Morgan fingerprint density at radius 1 is 1.00 bits per heavy atom. The predicted octanol–water partition coefficient (Wildman–Crippen LogP) is 4.16. The molecule has 37 heavy (non-hydrogen) atoms. The van der Waals surface area contributed by atoms with Crippen molar-refractivity contribution in [2.75, 3.05) is 11.4 Å². The van der Waals surface area contributed by atoms with Gasteiger partial charge in [0.25, 0.3) is 0 Å². The number of aryl methyl sites for hydroxylation is 1. The molecule has 0 saturated carbocycles. The van der Waals surface area contributed by atoms with Crippen molar-refractivity contribution >= 4 is 11.6 Å². The number of nitrogens with zero attached hydrogens (tertiary/aromatic N) is 7. The van der Waals surface area contributed by atoms with Gasteiger partial charge in [-0.2, -0.15) is 4.98 Å². The maximum Gasteiger partial charge on any atom is 0.353 e. The Kier molecular flexibility index (Phi) is 5.43. The zero-order chi connectivity index (χ0) is 25.7. The molecule has 188 valence electrons. The Morgan fingerprint density at radius 2 is 1.76 bits per heavy atom. The van der Waals surface area contributed by atoms with Crippen LogP contribution >= 0.6 is 0 Å². The molecule has 0 amide bonds. The van der Waals surface area contributed by atoms with Crippen LogP contribution in [-0.2, 0) is 24.9 Å². The van der Waals surface area contributed by atoms with Crippen molar-refractivity contribution in [3.05, 3.63) is 93.4 Å². The lowest BCUT2D eigenvalue weighted by Crippen LogP contribution is -2.35. The summed E-state index contributed by atoms with van der Waals surface area (Å²) in [6, 6.07) is 18.3. The average Bonchev–Trinajstić information content (AvgIpc) is 3.47. The van der Waals surface area contributed by atoms with E-state index in [0.717, 1.165) is 24.2 Å². The molecule has 0 spiro atoms. The molecule has 0 bridgehead atoms. The van der Waals surface area contributed by atoms with E-state index in [0.29, 0.717) is 29.9 Å². The first-order valence-corrected chi connectivity index (χ1v) is 12.5. The molecular weight excluding hydrogens is 466 g/mol. The van der Waals surface area contributed by atoms with E-state index in [1.54, 1.807) is 4.40 Å². The van der Waals surface area contributed by atoms with E-state index in [1.807, 2.05) is 31.2 Å². The van der Waals surface area contributed by atoms with Gasteiger partial charge in [0.2, 0.25) is 17.7 Å². The predicted molar refractivity (Wildman–Crippen MR) is 141 cm³/mol. The van der Waals surface area contributed by atoms with Gasteiger partial charge in [0, 0.05) is 30.4 Å². The third-order valence-electron chi connectivity index (χ3n) is 6.85. The van der Waals surface area contributed by atoms with Crippen LogP contribution in [0.25, 0.3) is 17.0 Å². The van der Waals surface area contributed by atoms with Gasteiger partial charge >= 0.3 is 5.69 Å². The molecule has 0 N–H and O–H groups in total. The molecule has 4 heterocycles. The zero-order valence-corrected chi connectivity index (χ0v) is 21.5. The SMILES string of the molecule is Cc1cc2nn(Cc3nc(-c4ccc(C(C)(C)C)cc4)no3)c(=O)n2c(N2CCc3ccccc3C2)n1. The molecule has 0 saturated heterocycles. The van der Waals surface area contributed by atoms with Crippen LogP contribution in [0.15, 0.2) is 63.9 Å². The normalized spacial score (nSPS) is 13.8. The molecule has 9 nitrogen and oxygen atoms in total. The lowest BCUT2D eigenvalue weighted by Gasteiger charge is -2.29. The Hall–Kier alpha value is -4.27. The van der Waals surface area contributed by atoms with Crippen LogP contribution in [0.5, 0.6) is 0 Å². The summed E-state index contributed by atoms with van der Waals surface area (Å²) in [5.74, 6) is 1.40. The molecule has 2 aromatic carbocycles. The summed E-state index contributed by atoms with van der Waals surface area (Å²) in [4.78, 5) is 24.9. The fraction of sp³-hybridized carbons (Fsp3) is 0.321. The van der Waals surface area contributed by atoms with Gasteiger partial charge in [0.15, 0.2) is 5.65 Å². The van der Waals surface area contributed by atoms with Gasteiger partial charge in [0.1, 0.15) is 6.54 Å². The number of rotatable bonds is 4. The van der Waals surface area contributed by atoms with Crippen LogP contribution in [0, 0.1) is 6.92 Å². The molecule has 5 aromatic rings. The monoisotopic (exact) mass is 495 g/mol. The third kappa shape index (κ3) is 4.30. The first kappa shape index (κ1) is 23.1. The van der Waals surface area contributed by atoms with Crippen LogP contribution in [0.3, 0.4) is 0 Å². The first-order chi connectivity index (χ1) is 17.8. The quantitative estimate of drug-likeness (QED) is 0.370. The van der Waals surface area contributed by atoms with Gasteiger partial charge in [-0.3, -0.25) is 0 Å². The highest BCUT2D eigenvalue weighted by Gasteiger charge is 2.23. The second-order valence-corrected chi connectivity index (χ2v) is 10.6. The van der Waals surface area contributed by atoms with Crippen molar-refractivity contribution in [1.82, 2.24) is 29.3 Å². The summed E-state index contributed by atoms with van der Waals surface area (Å²) < 4.78 is 8.42. The van der Waals surface area contributed by atoms with Gasteiger partial charge in [-0.15, -0.1) is 5.10 Å². The fourth-order valence-corrected chi connectivity index (χ4v) is 4.80. The second-order valence-electron chi connectivity index (χ2n) is 10.6. The van der Waals surface area contributed by atoms with Crippen molar-refractivity contribution < 1.29 is 4.52 Å². The summed E-state index contributed by atoms with van der Waals surface area (Å²) in [6.07, 6.45) is 0.900. The van der Waals surface area contributed by atoms with E-state index in [-0.39, 0.29) is 17.6 Å². The van der Waals surface area contributed by atoms with Crippen LogP contribution in [-0.4, -0.2) is 35.9 Å². The minimum atomic E-state index is -0.286. The molecule has 0 radical (unpaired) electrons. The van der Waals surface area contributed by atoms with Gasteiger partial charge in [-0.25, -0.2) is 18.9 Å². The highest BCUT2D eigenvalue weighted by Crippen LogP contribution is 2.26. The molecule has 6 rings (SSSR count). The molecule has 0 atom stereocenters. The molecule has 3 aromatic heterocycles. The summed E-state index contributed by atoms with van der Waals surface area (Å²) >= 11 is 0. The molecule has 1 aliphatic heterocycles. The third-order valence-corrected chi connectivity index (χ3v) is 6.85. The largest absolute Gasteiger partial charge is 0.353 e. The van der Waals surface area contributed by atoms with Gasteiger partial charge in [0.05, 0.1) is 0 Å². The highest BCUT2D eigenvalue weighted by atomic mass is 16.5. The van der Waals surface area contributed by atoms with Crippen molar-refractivity contribution in [2.45, 2.75) is 52.6 Å². The Bertz CT molecular complexity index is 1650. The van der Waals surface area contributed by atoms with Crippen LogP contribution < -0.4 is 10.6 Å². The average molecular weight is 496 g/mol. The summed E-state index contributed by atoms with van der Waals surface area (Å²) in [5, 5.41) is 8.69. The maximum atomic E-state index is 13.5. The topological polar surface area (TPSA) is 94.3 Å². The Balaban J connectivity index is 1.30. The molecular formula is C28H29N7O2. The van der Waals surface area contributed by atoms with E-state index >= 15 is 0 Å². The minimum absolute atomic E-state index is 0.0644. The number of hydrogen-bond donors (Lipinski definition) is 0. The number of fused-ring (bicyclic) bond motifs is 2. The highest BCUT2D eigenvalue weighted by molar-refractivity contribution is 5.55. The number of aromatic nitrogens is 6. The lowest BCUT2D eigenvalue weighted by atomic mass is 9.87. The molecule has 1 aliphatic rings. The van der Waals surface area contributed by atoms with Crippen molar-refractivity contribution in [3.8, 4) is 11.4 Å². The zero-order valence-electron chi connectivity index (χ0n) is 21.5. The number of benzene rings is 2. The van der Waals surface area contributed by atoms with Crippen LogP contribution in [0.1, 0.15) is 49.0 Å². The van der Waals surface area contributed by atoms with E-state index in [9.17, 15) is 4.79 Å². The smallest absolute Gasteiger partial charge is 0.337 e. The number of anilines is 1. The van der Waals surface area contributed by atoms with Crippen molar-refractivity contribution in [3.63, 3.8) is 0 Å². The van der Waals surface area contributed by atoms with Gasteiger partial charge in [-0.05, 0) is 35.4 Å². The molecule has 0 unspecified atom stereocenters. The maximum absolute atomic E-state index is 13.5. The van der Waals surface area contributed by atoms with Crippen molar-refractivity contribution in [2.24, 2.45) is 0 Å². The van der Waals surface area contributed by atoms with E-state index in [2.05, 4.69) is 71.2 Å². The van der Waals surface area contributed by atoms with Crippen LogP contribution in [0.4, 0.5) is 5.95 Å². The van der Waals surface area contributed by atoms with Gasteiger partial charge in [-0.1, -0.05) is 74.5 Å². The molecule has 0 fully saturated rings. The Morgan fingerprint density at radius 3 is 2.51 bits per heavy atom. The first-order valence-electron chi connectivity index (χ1n) is 12.5. The summed E-state index contributed by atoms with van der Waals surface area (Å²) in [6.45, 7) is 9.99. The van der Waals surface area contributed by atoms with Gasteiger partial charge < -0.3 is 9.42 Å². The summed E-state index contributed by atoms with van der Waals surface area (Å²) in [5.41, 5.74) is 5.80. The molecule has 9 heteroatoms. The summed E-state index contributed by atoms with van der Waals surface area (Å²) in [7, 11) is 0. The Labute approximate surface area is 214 Å². The van der Waals surface area contributed by atoms with E-state index < -0.39 is 0 Å². The number of hydrogen-bond acceptors (Lipinski definition) is 7. The minimum Gasteiger partial charge on any atom is -0.337 e. The van der Waals surface area contributed by atoms with Crippen molar-refractivity contribution in [1.29, 1.82) is 0 Å². The lowest BCUT2D eigenvalue weighted by molar-refractivity contribution is 0.364. The standard InChI is InChI=1S/C28H29N7O2/c1-18-15-23-31-34(17-24-30-25(32-37-24)20-9-11-22(12-10-20)28(2,3)4)27(36)35(23)26(29-18)33-14-13-19-7-5-6-8-21(19)16-33/h5-12,15H,13-14,16-17H2,1-4H3. The second kappa shape index (κ2) is 8.69.